The van der Waals surface area contributed by atoms with Gasteiger partial charge < -0.3 is 11.6 Å². The quantitative estimate of drug-likeness (QED) is 0.662. The zero-order chi connectivity index (χ0) is 8.72. The van der Waals surface area contributed by atoms with E-state index in [1.54, 1.807) is 0 Å². The Morgan fingerprint density at radius 3 is 2.92 bits per heavy atom. The number of nitrogen functional groups attached to an aromatic ring is 2. The lowest BCUT2D eigenvalue weighted by molar-refractivity contribution is 1.06. The normalized spacial score (nSPS) is 10.8. The van der Waals surface area contributed by atoms with E-state index < -0.39 is 0 Å². The monoisotopic (exact) mass is 226 g/mol. The number of imidazole rings is 1. The summed E-state index contributed by atoms with van der Waals surface area (Å²) in [5.74, 6) is 5.92. The molecule has 1 aromatic heterocycles. The standard InChI is InChI=1S/C7H7BrN4/c8-4-1-2-6-5(3-4)11-7(9)12(6)10/h1-3H,10H2,(H2,9,11). The summed E-state index contributed by atoms with van der Waals surface area (Å²) in [4.78, 5) is 4.06. The minimum absolute atomic E-state index is 0.322. The van der Waals surface area contributed by atoms with Crippen molar-refractivity contribution in [3.05, 3.63) is 22.7 Å². The van der Waals surface area contributed by atoms with Crippen LogP contribution in [0.3, 0.4) is 0 Å². The van der Waals surface area contributed by atoms with Gasteiger partial charge >= 0.3 is 0 Å². The predicted molar refractivity (Wildman–Crippen MR) is 52.0 cm³/mol. The summed E-state index contributed by atoms with van der Waals surface area (Å²) in [6.07, 6.45) is 0. The lowest BCUT2D eigenvalue weighted by Gasteiger charge is -1.95. The smallest absolute Gasteiger partial charge is 0.220 e. The molecular weight excluding hydrogens is 220 g/mol. The van der Waals surface area contributed by atoms with Crippen LogP contribution in [-0.4, -0.2) is 9.66 Å². The molecule has 62 valence electrons. The summed E-state index contributed by atoms with van der Waals surface area (Å²) in [6.45, 7) is 0. The van der Waals surface area contributed by atoms with Crippen LogP contribution in [0.25, 0.3) is 11.0 Å². The summed E-state index contributed by atoms with van der Waals surface area (Å²) in [7, 11) is 0. The minimum Gasteiger partial charge on any atom is -0.368 e. The van der Waals surface area contributed by atoms with E-state index in [0.29, 0.717) is 5.95 Å². The van der Waals surface area contributed by atoms with Gasteiger partial charge in [-0.05, 0) is 18.2 Å². The summed E-state index contributed by atoms with van der Waals surface area (Å²) in [5.41, 5.74) is 7.14. The molecule has 2 rings (SSSR count). The molecule has 4 nitrogen and oxygen atoms in total. The van der Waals surface area contributed by atoms with Crippen LogP contribution in [0.4, 0.5) is 5.95 Å². The maximum absolute atomic E-state index is 5.60. The van der Waals surface area contributed by atoms with Gasteiger partial charge in [0.05, 0.1) is 11.0 Å². The number of hydrogen-bond donors (Lipinski definition) is 2. The highest BCUT2D eigenvalue weighted by Gasteiger charge is 2.04. The molecule has 5 heteroatoms. The Morgan fingerprint density at radius 2 is 2.17 bits per heavy atom. The van der Waals surface area contributed by atoms with Gasteiger partial charge in [0.1, 0.15) is 0 Å². The molecule has 4 N–H and O–H groups in total. The lowest BCUT2D eigenvalue weighted by Crippen LogP contribution is -2.11. The van der Waals surface area contributed by atoms with Crippen molar-refractivity contribution in [3.8, 4) is 0 Å². The average Bonchev–Trinajstić information content (AvgIpc) is 2.28. The van der Waals surface area contributed by atoms with Gasteiger partial charge in [0.25, 0.3) is 0 Å². The Hall–Kier alpha value is -1.23. The lowest BCUT2D eigenvalue weighted by atomic mass is 10.3. The Morgan fingerprint density at radius 1 is 1.42 bits per heavy atom. The maximum atomic E-state index is 5.60. The molecule has 0 saturated carbocycles. The Balaban J connectivity index is 2.87. The van der Waals surface area contributed by atoms with Crippen LogP contribution in [0.1, 0.15) is 0 Å². The van der Waals surface area contributed by atoms with Crippen molar-refractivity contribution in [1.29, 1.82) is 0 Å². The first-order valence-corrected chi connectivity index (χ1v) is 4.16. The van der Waals surface area contributed by atoms with Crippen LogP contribution in [0, 0.1) is 0 Å². The highest BCUT2D eigenvalue weighted by Crippen LogP contribution is 2.19. The van der Waals surface area contributed by atoms with Crippen molar-refractivity contribution in [2.24, 2.45) is 0 Å². The topological polar surface area (TPSA) is 69.9 Å². The van der Waals surface area contributed by atoms with Gasteiger partial charge in [-0.3, -0.25) is 0 Å². The summed E-state index contributed by atoms with van der Waals surface area (Å²) < 4.78 is 2.33. The van der Waals surface area contributed by atoms with E-state index in [-0.39, 0.29) is 0 Å². The van der Waals surface area contributed by atoms with Crippen LogP contribution >= 0.6 is 15.9 Å². The van der Waals surface area contributed by atoms with Gasteiger partial charge in [0.15, 0.2) is 0 Å². The summed E-state index contributed by atoms with van der Waals surface area (Å²) in [6, 6.07) is 5.63. The molecule has 0 atom stereocenters. The third-order valence-electron chi connectivity index (χ3n) is 1.68. The van der Waals surface area contributed by atoms with Crippen LogP contribution in [-0.2, 0) is 0 Å². The van der Waals surface area contributed by atoms with Crippen LogP contribution in [0.2, 0.25) is 0 Å². The zero-order valence-electron chi connectivity index (χ0n) is 6.16. The number of fused-ring (bicyclic) bond motifs is 1. The number of hydrogen-bond acceptors (Lipinski definition) is 3. The molecule has 0 fully saturated rings. The molecular formula is C7H7BrN4. The zero-order valence-corrected chi connectivity index (χ0v) is 7.75. The van der Waals surface area contributed by atoms with Gasteiger partial charge in [-0.1, -0.05) is 15.9 Å². The van der Waals surface area contributed by atoms with Gasteiger partial charge in [-0.15, -0.1) is 0 Å². The molecule has 0 saturated heterocycles. The van der Waals surface area contributed by atoms with Crippen molar-refractivity contribution in [3.63, 3.8) is 0 Å². The molecule has 0 radical (unpaired) electrons. The molecule has 0 amide bonds. The van der Waals surface area contributed by atoms with Crippen molar-refractivity contribution >= 4 is 32.9 Å². The number of rotatable bonds is 0. The van der Waals surface area contributed by atoms with Gasteiger partial charge in [-0.25, -0.2) is 9.66 Å². The SMILES string of the molecule is Nc1nc2cc(Br)ccc2n1N. The highest BCUT2D eigenvalue weighted by molar-refractivity contribution is 9.10. The first-order chi connectivity index (χ1) is 5.68. The predicted octanol–water partition coefficient (Wildman–Crippen LogP) is 1.09. The van der Waals surface area contributed by atoms with Gasteiger partial charge in [-0.2, -0.15) is 0 Å². The second kappa shape index (κ2) is 2.38. The molecule has 1 heterocycles. The molecule has 0 aliphatic rings. The number of benzene rings is 1. The number of nitrogens with zero attached hydrogens (tertiary/aromatic N) is 2. The van der Waals surface area contributed by atoms with E-state index in [1.165, 1.54) is 4.68 Å². The van der Waals surface area contributed by atoms with E-state index >= 15 is 0 Å². The molecule has 12 heavy (non-hydrogen) atoms. The van der Waals surface area contributed by atoms with Crippen molar-refractivity contribution in [2.75, 3.05) is 11.6 Å². The van der Waals surface area contributed by atoms with Gasteiger partial charge in [0.2, 0.25) is 5.95 Å². The molecule has 1 aromatic carbocycles. The van der Waals surface area contributed by atoms with Crippen LogP contribution < -0.4 is 11.6 Å². The molecule has 2 aromatic rings. The number of aromatic nitrogens is 2. The van der Waals surface area contributed by atoms with E-state index in [4.69, 9.17) is 11.6 Å². The van der Waals surface area contributed by atoms with Crippen molar-refractivity contribution in [2.45, 2.75) is 0 Å². The van der Waals surface area contributed by atoms with Crippen LogP contribution in [0.15, 0.2) is 22.7 Å². The fourth-order valence-electron chi connectivity index (χ4n) is 1.09. The molecule has 0 aliphatic heterocycles. The van der Waals surface area contributed by atoms with E-state index in [9.17, 15) is 0 Å². The Kier molecular flexibility index (Phi) is 1.47. The van der Waals surface area contributed by atoms with E-state index in [1.807, 2.05) is 18.2 Å². The van der Waals surface area contributed by atoms with Gasteiger partial charge in [0, 0.05) is 4.47 Å². The number of halogens is 1. The number of nitrogens with two attached hydrogens (primary N) is 2. The molecule has 0 spiro atoms. The first kappa shape index (κ1) is 7.42. The largest absolute Gasteiger partial charge is 0.368 e. The fourth-order valence-corrected chi connectivity index (χ4v) is 1.44. The minimum atomic E-state index is 0.322. The Labute approximate surface area is 77.3 Å². The van der Waals surface area contributed by atoms with Crippen molar-refractivity contribution < 1.29 is 0 Å². The third kappa shape index (κ3) is 0.937. The summed E-state index contributed by atoms with van der Waals surface area (Å²) >= 11 is 3.34. The van der Waals surface area contributed by atoms with E-state index in [0.717, 1.165) is 15.5 Å². The molecule has 0 aliphatic carbocycles. The maximum Gasteiger partial charge on any atom is 0.220 e. The van der Waals surface area contributed by atoms with Crippen LogP contribution in [0.5, 0.6) is 0 Å². The first-order valence-electron chi connectivity index (χ1n) is 3.37. The fraction of sp³-hybridized carbons (Fsp3) is 0. The molecule has 0 bridgehead atoms. The summed E-state index contributed by atoms with van der Waals surface area (Å²) in [5, 5.41) is 0. The Bertz CT molecular complexity index is 434. The molecule has 0 unspecified atom stereocenters. The third-order valence-corrected chi connectivity index (χ3v) is 2.17. The average molecular weight is 227 g/mol. The second-order valence-corrected chi connectivity index (χ2v) is 3.39. The second-order valence-electron chi connectivity index (χ2n) is 2.47. The van der Waals surface area contributed by atoms with Crippen molar-refractivity contribution in [1.82, 2.24) is 9.66 Å². The number of anilines is 1. The van der Waals surface area contributed by atoms with E-state index in [2.05, 4.69) is 20.9 Å². The highest BCUT2D eigenvalue weighted by atomic mass is 79.9.